The van der Waals surface area contributed by atoms with Crippen molar-refractivity contribution in [3.8, 4) is 12.1 Å². The summed E-state index contributed by atoms with van der Waals surface area (Å²) in [6, 6.07) is 15.3. The maximum absolute atomic E-state index is 8.90. The minimum atomic E-state index is 0.139. The molecule has 8 heteroatoms. The Morgan fingerprint density at radius 2 is 1.69 bits per heavy atom. The summed E-state index contributed by atoms with van der Waals surface area (Å²) in [7, 11) is 0. The molecule has 1 heterocycles. The Balaban J connectivity index is 1.83. The molecule has 3 aromatic rings. The van der Waals surface area contributed by atoms with Crippen molar-refractivity contribution in [1.29, 1.82) is 10.5 Å². The molecule has 29 heavy (non-hydrogen) atoms. The number of nitrogens with zero attached hydrogens (tertiary/aromatic N) is 5. The van der Waals surface area contributed by atoms with Crippen molar-refractivity contribution in [2.24, 2.45) is 0 Å². The van der Waals surface area contributed by atoms with Gasteiger partial charge in [-0.05, 0) is 61.2 Å². The summed E-state index contributed by atoms with van der Waals surface area (Å²) in [4.78, 5) is 4.42. The lowest BCUT2D eigenvalue weighted by Crippen LogP contribution is -2.06. The Kier molecular flexibility index (Phi) is 6.23. The van der Waals surface area contributed by atoms with Gasteiger partial charge < -0.3 is 10.6 Å². The van der Waals surface area contributed by atoms with Gasteiger partial charge in [0.1, 0.15) is 0 Å². The zero-order valence-electron chi connectivity index (χ0n) is 16.0. The molecule has 144 valence electrons. The van der Waals surface area contributed by atoms with Gasteiger partial charge in [0.25, 0.3) is 0 Å². The highest BCUT2D eigenvalue weighted by Gasteiger charge is 2.11. The van der Waals surface area contributed by atoms with Crippen LogP contribution in [-0.4, -0.2) is 15.2 Å². The summed E-state index contributed by atoms with van der Waals surface area (Å²) in [6.07, 6.45) is 1.20. The van der Waals surface area contributed by atoms with Crippen LogP contribution in [0.1, 0.15) is 28.7 Å². The number of aryl methyl sites for hydroxylation is 3. The van der Waals surface area contributed by atoms with Crippen LogP contribution < -0.4 is 10.6 Å². The van der Waals surface area contributed by atoms with E-state index in [0.717, 1.165) is 34.5 Å². The van der Waals surface area contributed by atoms with Gasteiger partial charge in [-0.3, -0.25) is 0 Å². The Hall–Kier alpha value is -3.68. The first-order chi connectivity index (χ1) is 14.0. The summed E-state index contributed by atoms with van der Waals surface area (Å²) >= 11 is 6.13. The molecular weight excluding hydrogens is 386 g/mol. The van der Waals surface area contributed by atoms with Crippen molar-refractivity contribution in [3.05, 3.63) is 63.8 Å². The minimum Gasteiger partial charge on any atom is -0.337 e. The number of aromatic nitrogens is 3. The predicted molar refractivity (Wildman–Crippen MR) is 112 cm³/mol. The van der Waals surface area contributed by atoms with Gasteiger partial charge in [0.2, 0.25) is 5.95 Å². The van der Waals surface area contributed by atoms with Crippen LogP contribution in [0.15, 0.2) is 36.4 Å². The highest BCUT2D eigenvalue weighted by molar-refractivity contribution is 6.31. The number of halogens is 1. The van der Waals surface area contributed by atoms with E-state index in [-0.39, 0.29) is 5.15 Å². The van der Waals surface area contributed by atoms with Crippen molar-refractivity contribution < 1.29 is 0 Å². The summed E-state index contributed by atoms with van der Waals surface area (Å²) in [5, 5.41) is 32.1. The molecule has 0 saturated carbocycles. The fourth-order valence-electron chi connectivity index (χ4n) is 2.92. The van der Waals surface area contributed by atoms with Crippen LogP contribution in [0.25, 0.3) is 0 Å². The van der Waals surface area contributed by atoms with Crippen LogP contribution in [0.4, 0.5) is 23.1 Å². The van der Waals surface area contributed by atoms with E-state index < -0.39 is 0 Å². The molecule has 0 unspecified atom stereocenters. The highest BCUT2D eigenvalue weighted by atomic mass is 35.5. The third kappa shape index (κ3) is 4.98. The molecule has 7 nitrogen and oxygen atoms in total. The number of hydrogen-bond donors (Lipinski definition) is 2. The largest absolute Gasteiger partial charge is 0.337 e. The molecule has 0 radical (unpaired) electrons. The topological polar surface area (TPSA) is 110 Å². The maximum atomic E-state index is 8.90. The summed E-state index contributed by atoms with van der Waals surface area (Å²) in [6.45, 7) is 3.98. The quantitative estimate of drug-likeness (QED) is 0.598. The van der Waals surface area contributed by atoms with E-state index in [1.807, 2.05) is 26.0 Å². The first kappa shape index (κ1) is 20.1. The zero-order valence-corrected chi connectivity index (χ0v) is 16.7. The normalized spacial score (nSPS) is 10.1. The summed E-state index contributed by atoms with van der Waals surface area (Å²) < 4.78 is 0. The third-order valence-electron chi connectivity index (χ3n) is 4.28. The van der Waals surface area contributed by atoms with Gasteiger partial charge in [-0.25, -0.2) is 0 Å². The molecule has 0 bridgehead atoms. The van der Waals surface area contributed by atoms with Crippen molar-refractivity contribution >= 4 is 34.7 Å². The zero-order chi connectivity index (χ0) is 20.8. The van der Waals surface area contributed by atoms with Crippen LogP contribution in [0.5, 0.6) is 0 Å². The number of hydrogen-bond acceptors (Lipinski definition) is 7. The van der Waals surface area contributed by atoms with Crippen molar-refractivity contribution in [2.75, 3.05) is 10.6 Å². The van der Waals surface area contributed by atoms with E-state index >= 15 is 0 Å². The minimum absolute atomic E-state index is 0.139. The van der Waals surface area contributed by atoms with Crippen molar-refractivity contribution in [1.82, 2.24) is 15.2 Å². The third-order valence-corrected chi connectivity index (χ3v) is 4.53. The van der Waals surface area contributed by atoms with Crippen LogP contribution in [-0.2, 0) is 6.42 Å². The first-order valence-electron chi connectivity index (χ1n) is 8.91. The van der Waals surface area contributed by atoms with Gasteiger partial charge in [-0.15, -0.1) is 10.2 Å². The number of anilines is 4. The number of nitrogens with one attached hydrogen (secondary N) is 2. The molecular formula is C21H18ClN7. The maximum Gasteiger partial charge on any atom is 0.249 e. The van der Waals surface area contributed by atoms with E-state index in [4.69, 9.17) is 22.1 Å². The molecule has 0 amide bonds. The van der Waals surface area contributed by atoms with Crippen LogP contribution in [0.2, 0.25) is 5.15 Å². The lowest BCUT2D eigenvalue weighted by atomic mass is 10.0. The number of rotatable bonds is 6. The van der Waals surface area contributed by atoms with Crippen molar-refractivity contribution in [2.45, 2.75) is 26.7 Å². The molecule has 0 atom stereocenters. The standard InChI is InChI=1S/C21H18ClN7/c1-13-10-16(4-3-9-23)11-14(2)18(13)26-21-27-20(19(22)28-29-21)25-17-7-5-15(12-24)6-8-17/h5-8,10-11H,3-4H2,1-2H3,(H2,25,26,27,29). The Morgan fingerprint density at radius 3 is 2.31 bits per heavy atom. The van der Waals surface area contributed by atoms with Gasteiger partial charge in [-0.1, -0.05) is 23.7 Å². The van der Waals surface area contributed by atoms with E-state index in [0.29, 0.717) is 23.8 Å². The summed E-state index contributed by atoms with van der Waals surface area (Å²) in [5.41, 5.74) is 5.35. The summed E-state index contributed by atoms with van der Waals surface area (Å²) in [5.74, 6) is 0.663. The van der Waals surface area contributed by atoms with Gasteiger partial charge in [-0.2, -0.15) is 15.5 Å². The lowest BCUT2D eigenvalue weighted by molar-refractivity contribution is 0.979. The number of benzene rings is 2. The van der Waals surface area contributed by atoms with Crippen LogP contribution in [0, 0.1) is 36.5 Å². The van der Waals surface area contributed by atoms with Crippen LogP contribution in [0.3, 0.4) is 0 Å². The molecule has 0 aliphatic carbocycles. The van der Waals surface area contributed by atoms with E-state index in [1.54, 1.807) is 24.3 Å². The second-order valence-electron chi connectivity index (χ2n) is 6.48. The molecule has 0 aliphatic rings. The second-order valence-corrected chi connectivity index (χ2v) is 6.83. The molecule has 0 fully saturated rings. The second kappa shape index (κ2) is 9.01. The smallest absolute Gasteiger partial charge is 0.249 e. The fourth-order valence-corrected chi connectivity index (χ4v) is 3.04. The average Bonchev–Trinajstić information content (AvgIpc) is 2.72. The van der Waals surface area contributed by atoms with E-state index in [9.17, 15) is 0 Å². The van der Waals surface area contributed by atoms with Gasteiger partial charge in [0, 0.05) is 17.8 Å². The molecule has 1 aromatic heterocycles. The van der Waals surface area contributed by atoms with E-state index in [1.165, 1.54) is 0 Å². The fraction of sp³-hybridized carbons (Fsp3) is 0.190. The Morgan fingerprint density at radius 1 is 1.00 bits per heavy atom. The lowest BCUT2D eigenvalue weighted by Gasteiger charge is -2.14. The molecule has 0 spiro atoms. The molecule has 2 N–H and O–H groups in total. The predicted octanol–water partition coefficient (Wildman–Crippen LogP) is 4.96. The average molecular weight is 404 g/mol. The van der Waals surface area contributed by atoms with Crippen LogP contribution >= 0.6 is 11.6 Å². The van der Waals surface area contributed by atoms with Gasteiger partial charge >= 0.3 is 0 Å². The highest BCUT2D eigenvalue weighted by Crippen LogP contribution is 2.27. The van der Waals surface area contributed by atoms with Crippen molar-refractivity contribution in [3.63, 3.8) is 0 Å². The SMILES string of the molecule is Cc1cc(CCC#N)cc(C)c1Nc1nnc(Cl)c(Nc2ccc(C#N)cc2)n1. The Bertz CT molecular complexity index is 1090. The molecule has 0 saturated heterocycles. The monoisotopic (exact) mass is 403 g/mol. The Labute approximate surface area is 174 Å². The van der Waals surface area contributed by atoms with Gasteiger partial charge in [0.05, 0.1) is 17.7 Å². The van der Waals surface area contributed by atoms with Gasteiger partial charge in [0.15, 0.2) is 11.0 Å². The molecule has 0 aliphatic heterocycles. The molecule has 2 aromatic carbocycles. The number of nitriles is 2. The first-order valence-corrected chi connectivity index (χ1v) is 9.29. The van der Waals surface area contributed by atoms with E-state index in [2.05, 4.69) is 38.0 Å². The molecule has 3 rings (SSSR count).